The van der Waals surface area contributed by atoms with E-state index in [-0.39, 0.29) is 29.3 Å². The Morgan fingerprint density at radius 1 is 1.50 bits per heavy atom. The van der Waals surface area contributed by atoms with E-state index < -0.39 is 0 Å². The predicted octanol–water partition coefficient (Wildman–Crippen LogP) is 4.44. The van der Waals surface area contributed by atoms with Crippen LogP contribution in [-0.4, -0.2) is 12.1 Å². The fraction of sp³-hybridized carbons (Fsp3) is 0.550. The molecule has 2 rings (SSSR count). The first-order chi connectivity index (χ1) is 10.2. The normalized spacial score (nSPS) is 29.1. The number of allylic oxidation sites excluding steroid dienone is 3. The van der Waals surface area contributed by atoms with Crippen LogP contribution in [0.3, 0.4) is 0 Å². The van der Waals surface area contributed by atoms with Gasteiger partial charge in [-0.2, -0.15) is 0 Å². The molecule has 0 bridgehead atoms. The van der Waals surface area contributed by atoms with E-state index in [4.69, 9.17) is 11.2 Å². The maximum atomic E-state index is 12.5. The zero-order valence-electron chi connectivity index (χ0n) is 14.3. The summed E-state index contributed by atoms with van der Waals surface area (Å²) in [6, 6.07) is 0. The standard InChI is InChI=1S/C20H26O2/c1-8-9-15-13(4)11-17(14(15)5)22-19(21)18-16(10-12(2)3)20(18,6)7/h1,10,16-18H,4,9,11H2,2-3,5-7H3/t16-,17?,18-/m1/s1. The van der Waals surface area contributed by atoms with Crippen LogP contribution in [0.4, 0.5) is 0 Å². The fourth-order valence-corrected chi connectivity index (χ4v) is 3.48. The maximum absolute atomic E-state index is 12.5. The number of hydrogen-bond acceptors (Lipinski definition) is 2. The fourth-order valence-electron chi connectivity index (χ4n) is 3.48. The highest BCUT2D eigenvalue weighted by atomic mass is 16.5. The summed E-state index contributed by atoms with van der Waals surface area (Å²) >= 11 is 0. The predicted molar refractivity (Wildman–Crippen MR) is 90.0 cm³/mol. The molecule has 2 aliphatic carbocycles. The number of terminal acetylenes is 1. The summed E-state index contributed by atoms with van der Waals surface area (Å²) in [6.45, 7) is 14.4. The Morgan fingerprint density at radius 2 is 2.14 bits per heavy atom. The molecule has 0 spiro atoms. The van der Waals surface area contributed by atoms with Gasteiger partial charge >= 0.3 is 5.97 Å². The summed E-state index contributed by atoms with van der Waals surface area (Å²) in [7, 11) is 0. The minimum absolute atomic E-state index is 0.0107. The van der Waals surface area contributed by atoms with Gasteiger partial charge in [0, 0.05) is 12.8 Å². The minimum Gasteiger partial charge on any atom is -0.457 e. The molecule has 0 saturated heterocycles. The van der Waals surface area contributed by atoms with E-state index in [0.29, 0.717) is 12.8 Å². The van der Waals surface area contributed by atoms with E-state index in [9.17, 15) is 4.79 Å². The molecular formula is C20H26O2. The van der Waals surface area contributed by atoms with Crippen LogP contribution in [0.15, 0.2) is 34.9 Å². The molecule has 1 saturated carbocycles. The van der Waals surface area contributed by atoms with Gasteiger partial charge in [-0.1, -0.05) is 32.1 Å². The molecule has 2 heteroatoms. The molecule has 118 valence electrons. The molecule has 22 heavy (non-hydrogen) atoms. The number of esters is 1. The van der Waals surface area contributed by atoms with Crippen molar-refractivity contribution in [3.8, 4) is 12.3 Å². The lowest BCUT2D eigenvalue weighted by Gasteiger charge is -2.14. The molecule has 1 fully saturated rings. The average Bonchev–Trinajstić information content (AvgIpc) is 2.83. The summed E-state index contributed by atoms with van der Waals surface area (Å²) in [5.74, 6) is 2.80. The quantitative estimate of drug-likeness (QED) is 0.436. The first-order valence-electron chi connectivity index (χ1n) is 7.87. The van der Waals surface area contributed by atoms with Gasteiger partial charge < -0.3 is 4.74 Å². The maximum Gasteiger partial charge on any atom is 0.310 e. The molecule has 2 aliphatic rings. The van der Waals surface area contributed by atoms with Gasteiger partial charge in [0.2, 0.25) is 0 Å². The van der Waals surface area contributed by atoms with Crippen LogP contribution in [0.5, 0.6) is 0 Å². The molecule has 3 atom stereocenters. The van der Waals surface area contributed by atoms with Crippen LogP contribution in [-0.2, 0) is 9.53 Å². The van der Waals surface area contributed by atoms with Crippen LogP contribution in [0.2, 0.25) is 0 Å². The van der Waals surface area contributed by atoms with Gasteiger partial charge in [0.1, 0.15) is 6.10 Å². The third kappa shape index (κ3) is 2.90. The third-order valence-corrected chi connectivity index (χ3v) is 5.03. The summed E-state index contributed by atoms with van der Waals surface area (Å²) in [4.78, 5) is 12.5. The van der Waals surface area contributed by atoms with Crippen LogP contribution in [0, 0.1) is 29.6 Å². The van der Waals surface area contributed by atoms with Crippen molar-refractivity contribution in [2.75, 3.05) is 0 Å². The molecule has 0 heterocycles. The Hall–Kier alpha value is -1.75. The lowest BCUT2D eigenvalue weighted by atomic mass is 10.1. The molecule has 0 aliphatic heterocycles. The van der Waals surface area contributed by atoms with Crippen molar-refractivity contribution in [1.82, 2.24) is 0 Å². The number of rotatable bonds is 4. The summed E-state index contributed by atoms with van der Waals surface area (Å²) < 4.78 is 5.79. The van der Waals surface area contributed by atoms with Crippen molar-refractivity contribution in [1.29, 1.82) is 0 Å². The van der Waals surface area contributed by atoms with Crippen molar-refractivity contribution in [2.45, 2.75) is 53.6 Å². The average molecular weight is 298 g/mol. The van der Waals surface area contributed by atoms with Gasteiger partial charge in [-0.3, -0.25) is 4.79 Å². The molecule has 0 N–H and O–H groups in total. The lowest BCUT2D eigenvalue weighted by Crippen LogP contribution is -2.20. The van der Waals surface area contributed by atoms with Crippen molar-refractivity contribution >= 4 is 5.97 Å². The molecule has 0 aromatic carbocycles. The molecule has 2 nitrogen and oxygen atoms in total. The highest BCUT2D eigenvalue weighted by Gasteiger charge is 2.61. The number of carbonyl (C=O) groups is 1. The zero-order valence-corrected chi connectivity index (χ0v) is 14.3. The Balaban J connectivity index is 2.07. The summed E-state index contributed by atoms with van der Waals surface area (Å²) in [6.07, 6.45) is 8.64. The summed E-state index contributed by atoms with van der Waals surface area (Å²) in [5.41, 5.74) is 4.38. The zero-order chi connectivity index (χ0) is 16.7. The van der Waals surface area contributed by atoms with Crippen LogP contribution in [0.25, 0.3) is 0 Å². The molecule has 0 aromatic rings. The highest BCUT2D eigenvalue weighted by Crippen LogP contribution is 2.60. The van der Waals surface area contributed by atoms with E-state index in [2.05, 4.69) is 46.3 Å². The molecule has 1 unspecified atom stereocenters. The largest absolute Gasteiger partial charge is 0.457 e. The second-order valence-corrected chi connectivity index (χ2v) is 7.34. The lowest BCUT2D eigenvalue weighted by molar-refractivity contribution is -0.149. The van der Waals surface area contributed by atoms with Gasteiger partial charge in [-0.15, -0.1) is 12.3 Å². The van der Waals surface area contributed by atoms with Crippen LogP contribution in [0.1, 0.15) is 47.5 Å². The second kappa shape index (κ2) is 5.80. The molecule has 0 radical (unpaired) electrons. The number of hydrogen-bond donors (Lipinski definition) is 0. The van der Waals surface area contributed by atoms with E-state index in [0.717, 1.165) is 16.7 Å². The Morgan fingerprint density at radius 3 is 2.68 bits per heavy atom. The van der Waals surface area contributed by atoms with Crippen molar-refractivity contribution in [2.24, 2.45) is 17.3 Å². The Kier molecular flexibility index (Phi) is 4.38. The Bertz CT molecular complexity index is 606. The van der Waals surface area contributed by atoms with Crippen LogP contribution >= 0.6 is 0 Å². The highest BCUT2D eigenvalue weighted by molar-refractivity contribution is 5.79. The van der Waals surface area contributed by atoms with E-state index in [1.807, 2.05) is 6.92 Å². The SMILES string of the molecule is C#CCC1=C(C)C(OC(=O)[C@H]2[C@@H](C=C(C)C)C2(C)C)CC1=C. The van der Waals surface area contributed by atoms with Crippen molar-refractivity contribution in [3.63, 3.8) is 0 Å². The van der Waals surface area contributed by atoms with Gasteiger partial charge in [0.25, 0.3) is 0 Å². The second-order valence-electron chi connectivity index (χ2n) is 7.34. The van der Waals surface area contributed by atoms with Gasteiger partial charge in [0.05, 0.1) is 5.92 Å². The minimum atomic E-state index is -0.188. The number of ether oxygens (including phenoxy) is 1. The monoisotopic (exact) mass is 298 g/mol. The first-order valence-corrected chi connectivity index (χ1v) is 7.87. The molecule has 0 aromatic heterocycles. The van der Waals surface area contributed by atoms with Crippen molar-refractivity contribution < 1.29 is 9.53 Å². The smallest absolute Gasteiger partial charge is 0.310 e. The van der Waals surface area contributed by atoms with Gasteiger partial charge in [-0.25, -0.2) is 0 Å². The topological polar surface area (TPSA) is 26.3 Å². The first kappa shape index (κ1) is 16.6. The summed E-state index contributed by atoms with van der Waals surface area (Å²) in [5, 5.41) is 0. The molecule has 0 amide bonds. The Labute approximate surface area is 134 Å². The van der Waals surface area contributed by atoms with E-state index >= 15 is 0 Å². The van der Waals surface area contributed by atoms with E-state index in [1.165, 1.54) is 5.57 Å². The molecular weight excluding hydrogens is 272 g/mol. The van der Waals surface area contributed by atoms with Gasteiger partial charge in [0.15, 0.2) is 0 Å². The number of carbonyl (C=O) groups excluding carboxylic acids is 1. The van der Waals surface area contributed by atoms with Crippen LogP contribution < -0.4 is 0 Å². The van der Waals surface area contributed by atoms with Crippen molar-refractivity contribution in [3.05, 3.63) is 34.9 Å². The van der Waals surface area contributed by atoms with Gasteiger partial charge in [-0.05, 0) is 48.8 Å². The third-order valence-electron chi connectivity index (χ3n) is 5.03. The van der Waals surface area contributed by atoms with E-state index in [1.54, 1.807) is 0 Å².